The third-order valence-corrected chi connectivity index (χ3v) is 3.69. The summed E-state index contributed by atoms with van der Waals surface area (Å²) in [5, 5.41) is 0. The van der Waals surface area contributed by atoms with E-state index in [2.05, 4.69) is 0 Å². The third kappa shape index (κ3) is 6.91. The van der Waals surface area contributed by atoms with Crippen LogP contribution >= 0.6 is 0 Å². The Balaban J connectivity index is 2.39. The van der Waals surface area contributed by atoms with Crippen LogP contribution in [0.5, 0.6) is 5.75 Å². The lowest BCUT2D eigenvalue weighted by Crippen LogP contribution is -2.31. The molecule has 0 saturated heterocycles. The molecule has 0 aliphatic rings. The SMILES string of the molecule is CC(C)(C)OC(=O)Oc1cc(C(N)C(=O)OC(C)(C)C)ccc1-c1ccccc1. The summed E-state index contributed by atoms with van der Waals surface area (Å²) in [6.45, 7) is 10.6. The highest BCUT2D eigenvalue weighted by atomic mass is 16.7. The molecule has 2 rings (SSSR count). The summed E-state index contributed by atoms with van der Waals surface area (Å²) in [5.41, 5.74) is 6.73. The zero-order valence-corrected chi connectivity index (χ0v) is 17.8. The summed E-state index contributed by atoms with van der Waals surface area (Å²) in [6, 6.07) is 13.5. The van der Waals surface area contributed by atoms with Gasteiger partial charge in [0.15, 0.2) is 0 Å². The van der Waals surface area contributed by atoms with Crippen molar-refractivity contribution in [2.75, 3.05) is 0 Å². The lowest BCUT2D eigenvalue weighted by Gasteiger charge is -2.23. The molecule has 2 aromatic carbocycles. The molecule has 2 aromatic rings. The summed E-state index contributed by atoms with van der Waals surface area (Å²) in [5.74, 6) is -0.310. The van der Waals surface area contributed by atoms with Gasteiger partial charge < -0.3 is 19.9 Å². The van der Waals surface area contributed by atoms with Gasteiger partial charge in [-0.05, 0) is 58.7 Å². The van der Waals surface area contributed by atoms with E-state index in [0.29, 0.717) is 11.1 Å². The van der Waals surface area contributed by atoms with Crippen LogP contribution in [0.1, 0.15) is 53.1 Å². The highest BCUT2D eigenvalue weighted by molar-refractivity contribution is 5.80. The van der Waals surface area contributed by atoms with Crippen LogP contribution in [0.15, 0.2) is 48.5 Å². The number of carbonyl (C=O) groups excluding carboxylic acids is 2. The molecule has 156 valence electrons. The molecule has 6 nitrogen and oxygen atoms in total. The predicted molar refractivity (Wildman–Crippen MR) is 112 cm³/mol. The van der Waals surface area contributed by atoms with E-state index in [1.807, 2.05) is 30.3 Å². The molecule has 6 heteroatoms. The molecule has 0 heterocycles. The van der Waals surface area contributed by atoms with Crippen LogP contribution in [0, 0.1) is 0 Å². The van der Waals surface area contributed by atoms with Gasteiger partial charge in [0.2, 0.25) is 0 Å². The quantitative estimate of drug-likeness (QED) is 0.574. The molecule has 1 unspecified atom stereocenters. The van der Waals surface area contributed by atoms with E-state index in [9.17, 15) is 9.59 Å². The topological polar surface area (TPSA) is 87.9 Å². The summed E-state index contributed by atoms with van der Waals surface area (Å²) < 4.78 is 16.1. The monoisotopic (exact) mass is 399 g/mol. The molecule has 0 spiro atoms. The number of rotatable bonds is 4. The molecule has 0 aliphatic carbocycles. The smallest absolute Gasteiger partial charge is 0.459 e. The normalized spacial score (nSPS) is 12.8. The number of esters is 1. The van der Waals surface area contributed by atoms with Crippen LogP contribution in [0.2, 0.25) is 0 Å². The van der Waals surface area contributed by atoms with Gasteiger partial charge >= 0.3 is 12.1 Å². The van der Waals surface area contributed by atoms with Crippen molar-refractivity contribution in [3.05, 3.63) is 54.1 Å². The lowest BCUT2D eigenvalue weighted by molar-refractivity contribution is -0.156. The molecular formula is C23H29NO5. The Morgan fingerprint density at radius 1 is 0.862 bits per heavy atom. The first kappa shape index (κ1) is 22.4. The zero-order valence-electron chi connectivity index (χ0n) is 17.8. The second-order valence-electron chi connectivity index (χ2n) is 8.70. The van der Waals surface area contributed by atoms with E-state index in [1.165, 1.54) is 0 Å². The lowest BCUT2D eigenvalue weighted by atomic mass is 9.99. The van der Waals surface area contributed by atoms with Crippen LogP contribution in [-0.4, -0.2) is 23.3 Å². The molecule has 29 heavy (non-hydrogen) atoms. The number of benzene rings is 2. The Morgan fingerprint density at radius 2 is 1.45 bits per heavy atom. The Hall–Kier alpha value is -2.86. The Bertz CT molecular complexity index is 863. The molecule has 0 radical (unpaired) electrons. The minimum Gasteiger partial charge on any atom is -0.459 e. The Morgan fingerprint density at radius 3 is 2.00 bits per heavy atom. The van der Waals surface area contributed by atoms with E-state index >= 15 is 0 Å². The molecule has 1 atom stereocenters. The van der Waals surface area contributed by atoms with Crippen LogP contribution in [0.25, 0.3) is 11.1 Å². The van der Waals surface area contributed by atoms with Gasteiger partial charge in [-0.15, -0.1) is 0 Å². The van der Waals surface area contributed by atoms with Crippen LogP contribution in [0.4, 0.5) is 4.79 Å². The van der Waals surface area contributed by atoms with Crippen molar-refractivity contribution >= 4 is 12.1 Å². The van der Waals surface area contributed by atoms with Crippen molar-refractivity contribution < 1.29 is 23.8 Å². The maximum Gasteiger partial charge on any atom is 0.514 e. The molecule has 0 amide bonds. The molecule has 0 aromatic heterocycles. The number of ether oxygens (including phenoxy) is 3. The first-order chi connectivity index (χ1) is 13.4. The second-order valence-corrected chi connectivity index (χ2v) is 8.70. The first-order valence-corrected chi connectivity index (χ1v) is 9.44. The highest BCUT2D eigenvalue weighted by Crippen LogP contribution is 2.33. The fourth-order valence-corrected chi connectivity index (χ4v) is 2.53. The summed E-state index contributed by atoms with van der Waals surface area (Å²) in [4.78, 5) is 24.6. The van der Waals surface area contributed by atoms with Gasteiger partial charge in [0, 0.05) is 5.56 Å². The van der Waals surface area contributed by atoms with E-state index in [0.717, 1.165) is 5.56 Å². The fourth-order valence-electron chi connectivity index (χ4n) is 2.53. The average Bonchev–Trinajstić information content (AvgIpc) is 2.58. The largest absolute Gasteiger partial charge is 0.514 e. The van der Waals surface area contributed by atoms with Gasteiger partial charge in [-0.25, -0.2) is 9.59 Å². The second kappa shape index (κ2) is 8.66. The van der Waals surface area contributed by atoms with Gasteiger partial charge in [0.25, 0.3) is 0 Å². The minimum atomic E-state index is -1.01. The van der Waals surface area contributed by atoms with Crippen molar-refractivity contribution in [2.24, 2.45) is 5.73 Å². The maximum atomic E-state index is 12.4. The molecule has 0 fully saturated rings. The summed E-state index contributed by atoms with van der Waals surface area (Å²) in [6.07, 6.45) is -0.835. The zero-order chi connectivity index (χ0) is 21.8. The third-order valence-electron chi connectivity index (χ3n) is 3.69. The van der Waals surface area contributed by atoms with E-state index in [1.54, 1.807) is 59.7 Å². The number of nitrogens with two attached hydrogens (primary N) is 1. The first-order valence-electron chi connectivity index (χ1n) is 9.44. The maximum absolute atomic E-state index is 12.4. The van der Waals surface area contributed by atoms with E-state index in [4.69, 9.17) is 19.9 Å². The highest BCUT2D eigenvalue weighted by Gasteiger charge is 2.25. The van der Waals surface area contributed by atoms with Crippen molar-refractivity contribution in [1.29, 1.82) is 0 Å². The summed E-state index contributed by atoms with van der Waals surface area (Å²) >= 11 is 0. The van der Waals surface area contributed by atoms with Crippen molar-refractivity contribution in [2.45, 2.75) is 58.8 Å². The van der Waals surface area contributed by atoms with Gasteiger partial charge in [-0.3, -0.25) is 0 Å². The molecule has 0 aliphatic heterocycles. The van der Waals surface area contributed by atoms with Crippen molar-refractivity contribution in [1.82, 2.24) is 0 Å². The molecular weight excluding hydrogens is 370 g/mol. The van der Waals surface area contributed by atoms with Gasteiger partial charge in [-0.1, -0.05) is 42.5 Å². The molecule has 2 N–H and O–H groups in total. The average molecular weight is 399 g/mol. The van der Waals surface area contributed by atoms with Crippen LogP contribution in [0.3, 0.4) is 0 Å². The Labute approximate surface area is 172 Å². The standard InChI is InChI=1S/C23H29NO5/c1-22(2,3)28-20(25)19(24)16-12-13-17(15-10-8-7-9-11-15)18(14-16)27-21(26)29-23(4,5)6/h7-14,19H,24H2,1-6H3. The molecule has 0 saturated carbocycles. The van der Waals surface area contributed by atoms with E-state index < -0.39 is 29.4 Å². The van der Waals surface area contributed by atoms with Crippen LogP contribution in [-0.2, 0) is 14.3 Å². The number of hydrogen-bond donors (Lipinski definition) is 1. The van der Waals surface area contributed by atoms with Crippen molar-refractivity contribution in [3.8, 4) is 16.9 Å². The van der Waals surface area contributed by atoms with Gasteiger partial charge in [-0.2, -0.15) is 0 Å². The predicted octanol–water partition coefficient (Wildman–Crippen LogP) is 5.01. The van der Waals surface area contributed by atoms with Crippen LogP contribution < -0.4 is 10.5 Å². The summed E-state index contributed by atoms with van der Waals surface area (Å²) in [7, 11) is 0. The Kier molecular flexibility index (Phi) is 6.69. The number of carbonyl (C=O) groups is 2. The fraction of sp³-hybridized carbons (Fsp3) is 0.391. The van der Waals surface area contributed by atoms with Crippen molar-refractivity contribution in [3.63, 3.8) is 0 Å². The van der Waals surface area contributed by atoms with E-state index in [-0.39, 0.29) is 5.75 Å². The number of hydrogen-bond acceptors (Lipinski definition) is 6. The van der Waals surface area contributed by atoms with Gasteiger partial charge in [0.1, 0.15) is 23.0 Å². The molecule has 0 bridgehead atoms. The minimum absolute atomic E-state index is 0.252. The van der Waals surface area contributed by atoms with Gasteiger partial charge in [0.05, 0.1) is 0 Å².